The number of aliphatic carboxylic acids is 1. The van der Waals surface area contributed by atoms with E-state index in [9.17, 15) is 24.6 Å². The zero-order chi connectivity index (χ0) is 19.2. The summed E-state index contributed by atoms with van der Waals surface area (Å²) in [5.74, 6) is -1.48. The molecule has 2 N–H and O–H groups in total. The monoisotopic (exact) mass is 365 g/mol. The first-order chi connectivity index (χ1) is 12.9. The number of rotatable bonds is 4. The molecule has 0 spiro atoms. The lowest BCUT2D eigenvalue weighted by molar-refractivity contribution is -0.147. The van der Waals surface area contributed by atoms with E-state index in [4.69, 9.17) is 0 Å². The molecule has 138 valence electrons. The minimum atomic E-state index is -1.09. The zero-order valence-corrected chi connectivity index (χ0v) is 14.6. The summed E-state index contributed by atoms with van der Waals surface area (Å²) in [4.78, 5) is 38.8. The fraction of sp³-hybridized carbons (Fsp3) is 0.286. The molecular weight excluding hydrogens is 346 g/mol. The smallest absolute Gasteiger partial charge is 0.329 e. The van der Waals surface area contributed by atoms with E-state index in [1.165, 1.54) is 17.0 Å². The van der Waals surface area contributed by atoms with Crippen LogP contribution in [0.5, 0.6) is 5.75 Å². The van der Waals surface area contributed by atoms with Gasteiger partial charge in [-0.25, -0.2) is 4.79 Å². The Morgan fingerprint density at radius 3 is 2.15 bits per heavy atom. The normalized spacial score (nSPS) is 23.4. The second-order valence-electron chi connectivity index (χ2n) is 7.20. The first-order valence-corrected chi connectivity index (χ1v) is 8.93. The van der Waals surface area contributed by atoms with Gasteiger partial charge in [0.05, 0.1) is 0 Å². The highest BCUT2D eigenvalue weighted by Crippen LogP contribution is 2.47. The number of ketones is 1. The molecule has 2 saturated heterocycles. The largest absolute Gasteiger partial charge is 0.508 e. The molecule has 27 heavy (non-hydrogen) atoms. The Labute approximate surface area is 156 Å². The Bertz CT molecular complexity index is 926. The van der Waals surface area contributed by atoms with Crippen LogP contribution in [-0.2, 0) is 4.79 Å². The van der Waals surface area contributed by atoms with Gasteiger partial charge in [-0.15, -0.1) is 0 Å². The number of amides is 1. The molecule has 0 aromatic heterocycles. The second-order valence-corrected chi connectivity index (χ2v) is 7.20. The van der Waals surface area contributed by atoms with Crippen molar-refractivity contribution in [2.24, 2.45) is 0 Å². The third-order valence-electron chi connectivity index (χ3n) is 5.73. The molecule has 6 heteroatoms. The first-order valence-electron chi connectivity index (χ1n) is 8.93. The van der Waals surface area contributed by atoms with Gasteiger partial charge in [-0.05, 0) is 49.9 Å². The number of benzene rings is 2. The Morgan fingerprint density at radius 1 is 0.926 bits per heavy atom. The molecule has 2 aliphatic rings. The summed E-state index contributed by atoms with van der Waals surface area (Å²) in [6.45, 7) is 0. The molecule has 1 amide bonds. The van der Waals surface area contributed by atoms with E-state index in [0.717, 1.165) is 0 Å². The third kappa shape index (κ3) is 2.68. The van der Waals surface area contributed by atoms with Gasteiger partial charge in [0.25, 0.3) is 5.91 Å². The lowest BCUT2D eigenvalue weighted by Crippen LogP contribution is -2.50. The number of carbonyl (C=O) groups excluding carboxylic acids is 2. The number of aromatic hydroxyl groups is 1. The SMILES string of the molecule is O=C(c1ccc(C(=O)N2C3CCC2(C(=O)O)CC3)cc1)c1cccc(O)c1. The van der Waals surface area contributed by atoms with E-state index in [0.29, 0.717) is 42.4 Å². The first kappa shape index (κ1) is 17.3. The molecule has 6 nitrogen and oxygen atoms in total. The highest BCUT2D eigenvalue weighted by atomic mass is 16.4. The third-order valence-corrected chi connectivity index (χ3v) is 5.73. The predicted molar refractivity (Wildman–Crippen MR) is 96.8 cm³/mol. The van der Waals surface area contributed by atoms with Crippen molar-refractivity contribution < 1.29 is 24.6 Å². The number of carboxylic acid groups (broad SMARTS) is 1. The second kappa shape index (κ2) is 6.23. The van der Waals surface area contributed by atoms with Crippen LogP contribution in [0.25, 0.3) is 0 Å². The standard InChI is InChI=1S/C21H19NO5/c23-17-3-1-2-15(12-17)18(24)13-4-6-14(7-5-13)19(25)22-16-8-10-21(22,11-9-16)20(26)27/h1-7,12,16,23H,8-11H2,(H,26,27). The van der Waals surface area contributed by atoms with E-state index < -0.39 is 11.5 Å². The molecule has 0 saturated carbocycles. The minimum absolute atomic E-state index is 0.0103. The molecule has 2 aromatic rings. The summed E-state index contributed by atoms with van der Waals surface area (Å²) in [5.41, 5.74) is 0.0468. The molecule has 2 fully saturated rings. The Kier molecular flexibility index (Phi) is 3.98. The highest BCUT2D eigenvalue weighted by molar-refractivity contribution is 6.09. The van der Waals surface area contributed by atoms with Crippen LogP contribution in [0.1, 0.15) is 52.0 Å². The van der Waals surface area contributed by atoms with Crippen molar-refractivity contribution in [3.8, 4) is 5.75 Å². The van der Waals surface area contributed by atoms with Crippen molar-refractivity contribution >= 4 is 17.7 Å². The van der Waals surface area contributed by atoms with Crippen molar-refractivity contribution in [3.63, 3.8) is 0 Å². The predicted octanol–water partition coefficient (Wildman–Crippen LogP) is 2.85. The lowest BCUT2D eigenvalue weighted by Gasteiger charge is -2.31. The van der Waals surface area contributed by atoms with Crippen LogP contribution in [0.15, 0.2) is 48.5 Å². The summed E-state index contributed by atoms with van der Waals surface area (Å²) in [6.07, 6.45) is 2.41. The van der Waals surface area contributed by atoms with E-state index >= 15 is 0 Å². The van der Waals surface area contributed by atoms with E-state index in [1.807, 2.05) is 0 Å². The Hall–Kier alpha value is -3.15. The molecule has 0 unspecified atom stereocenters. The van der Waals surface area contributed by atoms with E-state index in [1.54, 1.807) is 36.4 Å². The van der Waals surface area contributed by atoms with Crippen molar-refractivity contribution in [2.45, 2.75) is 37.3 Å². The van der Waals surface area contributed by atoms with Crippen molar-refractivity contribution in [1.29, 1.82) is 0 Å². The van der Waals surface area contributed by atoms with Crippen LogP contribution in [0, 0.1) is 0 Å². The van der Waals surface area contributed by atoms with Gasteiger partial charge >= 0.3 is 5.97 Å². The fourth-order valence-corrected chi connectivity index (χ4v) is 4.32. The Morgan fingerprint density at radius 2 is 1.56 bits per heavy atom. The maximum atomic E-state index is 13.0. The van der Waals surface area contributed by atoms with Gasteiger partial charge in [0.15, 0.2) is 5.78 Å². The van der Waals surface area contributed by atoms with Gasteiger partial charge in [0, 0.05) is 22.7 Å². The van der Waals surface area contributed by atoms with Gasteiger partial charge in [-0.3, -0.25) is 9.59 Å². The number of nitrogens with zero attached hydrogens (tertiary/aromatic N) is 1. The van der Waals surface area contributed by atoms with Crippen LogP contribution in [0.2, 0.25) is 0 Å². The van der Waals surface area contributed by atoms with Crippen LogP contribution in [0.3, 0.4) is 0 Å². The zero-order valence-electron chi connectivity index (χ0n) is 14.6. The van der Waals surface area contributed by atoms with Gasteiger partial charge in [0.2, 0.25) is 0 Å². The highest BCUT2D eigenvalue weighted by Gasteiger charge is 2.58. The maximum Gasteiger partial charge on any atom is 0.329 e. The average Bonchev–Trinajstić information content (AvgIpc) is 3.24. The number of carbonyl (C=O) groups is 3. The van der Waals surface area contributed by atoms with E-state index in [-0.39, 0.29) is 23.5 Å². The van der Waals surface area contributed by atoms with Gasteiger partial charge < -0.3 is 15.1 Å². The number of phenols is 1. The number of phenolic OH excluding ortho intramolecular Hbond substituents is 1. The fourth-order valence-electron chi connectivity index (χ4n) is 4.32. The summed E-state index contributed by atoms with van der Waals surface area (Å²) < 4.78 is 0. The maximum absolute atomic E-state index is 13.0. The van der Waals surface area contributed by atoms with Crippen molar-refractivity contribution in [1.82, 2.24) is 4.90 Å². The van der Waals surface area contributed by atoms with E-state index in [2.05, 4.69) is 0 Å². The lowest BCUT2D eigenvalue weighted by atomic mass is 9.88. The molecule has 2 aromatic carbocycles. The van der Waals surface area contributed by atoms with Gasteiger partial charge in [-0.2, -0.15) is 0 Å². The minimum Gasteiger partial charge on any atom is -0.508 e. The quantitative estimate of drug-likeness (QED) is 0.813. The summed E-state index contributed by atoms with van der Waals surface area (Å²) >= 11 is 0. The topological polar surface area (TPSA) is 94.9 Å². The van der Waals surface area contributed by atoms with Crippen LogP contribution >= 0.6 is 0 Å². The number of hydrogen-bond donors (Lipinski definition) is 2. The number of fused-ring (bicyclic) bond motifs is 2. The van der Waals surface area contributed by atoms with Crippen LogP contribution < -0.4 is 0 Å². The van der Waals surface area contributed by atoms with Gasteiger partial charge in [-0.1, -0.05) is 24.3 Å². The van der Waals surface area contributed by atoms with Crippen molar-refractivity contribution in [3.05, 3.63) is 65.2 Å². The number of hydrogen-bond acceptors (Lipinski definition) is 4. The molecule has 0 radical (unpaired) electrons. The summed E-state index contributed by atoms with van der Waals surface area (Å²) in [5, 5.41) is 19.2. The molecule has 2 heterocycles. The van der Waals surface area contributed by atoms with Crippen LogP contribution in [0.4, 0.5) is 0 Å². The number of carboxylic acids is 1. The molecule has 0 atom stereocenters. The summed E-state index contributed by atoms with van der Waals surface area (Å²) in [6, 6.07) is 12.3. The van der Waals surface area contributed by atoms with Crippen LogP contribution in [-0.4, -0.2) is 44.4 Å². The Balaban J connectivity index is 1.58. The average molecular weight is 365 g/mol. The molecule has 4 rings (SSSR count). The molecule has 2 bridgehead atoms. The van der Waals surface area contributed by atoms with Gasteiger partial charge in [0.1, 0.15) is 11.3 Å². The van der Waals surface area contributed by atoms with Crippen molar-refractivity contribution in [2.75, 3.05) is 0 Å². The molecule has 2 aliphatic heterocycles. The summed E-state index contributed by atoms with van der Waals surface area (Å²) in [7, 11) is 0. The molecule has 0 aliphatic carbocycles. The molecular formula is C21H19NO5.